The monoisotopic (exact) mass is 405 g/mol. The van der Waals surface area contributed by atoms with E-state index >= 15 is 0 Å². The predicted molar refractivity (Wildman–Crippen MR) is 62.2 cm³/mol. The van der Waals surface area contributed by atoms with Gasteiger partial charge in [-0.25, -0.2) is 2.95 Å². The Morgan fingerprint density at radius 1 is 1.09 bits per heavy atom. The molecule has 0 atom stereocenters. The fraction of sp³-hybridized carbons (Fsp3) is 0. The molecule has 5 heteroatoms. The third kappa shape index (κ3) is 2.44. The molecule has 1 nitrogen and oxygen atoms in total. The van der Waals surface area contributed by atoms with E-state index in [1.165, 1.54) is 0 Å². The number of nitrogens with zero attached hydrogens (tertiary/aromatic N) is 1. The number of benzene rings is 1. The minimum atomic E-state index is 1.01. The Balaban J connectivity index is 3.17. The third-order valence-corrected chi connectivity index (χ3v) is 3.90. The molecule has 0 aliphatic heterocycles. The summed E-state index contributed by atoms with van der Waals surface area (Å²) < 4.78 is 3.72. The quantitative estimate of drug-likeness (QED) is 0.612. The SMILES string of the molecule is Brc1cccc(N(Br)Br)c1Br. The molecule has 0 aromatic heterocycles. The fourth-order valence-corrected chi connectivity index (χ4v) is 2.49. The molecule has 0 fully saturated rings. The maximum Gasteiger partial charge on any atom is 0.0748 e. The first-order chi connectivity index (χ1) is 5.13. The summed E-state index contributed by atoms with van der Waals surface area (Å²) in [5, 5.41) is 0. The minimum Gasteiger partial charge on any atom is -0.241 e. The smallest absolute Gasteiger partial charge is 0.0748 e. The molecular formula is C6H3Br4N. The minimum absolute atomic E-state index is 1.01. The number of anilines is 1. The van der Waals surface area contributed by atoms with Gasteiger partial charge in [0, 0.05) is 4.47 Å². The highest BCUT2D eigenvalue weighted by molar-refractivity contribution is 9.25. The highest BCUT2D eigenvalue weighted by atomic mass is 79.9. The number of halogens is 4. The molecular weight excluding hydrogens is 406 g/mol. The van der Waals surface area contributed by atoms with Gasteiger partial charge in [0.25, 0.3) is 0 Å². The van der Waals surface area contributed by atoms with Gasteiger partial charge in [-0.3, -0.25) is 0 Å². The predicted octanol–water partition coefficient (Wildman–Crippen LogP) is 4.64. The summed E-state index contributed by atoms with van der Waals surface area (Å²) in [5.41, 5.74) is 1.01. The van der Waals surface area contributed by atoms with Crippen LogP contribution in [0.3, 0.4) is 0 Å². The van der Waals surface area contributed by atoms with Gasteiger partial charge in [-0.15, -0.1) is 0 Å². The standard InChI is InChI=1S/C6H3Br4N/c7-4-2-1-3-5(6(4)8)11(9)10/h1-3H. The lowest BCUT2D eigenvalue weighted by Gasteiger charge is -2.09. The summed E-state index contributed by atoms with van der Waals surface area (Å²) in [5.74, 6) is 0. The van der Waals surface area contributed by atoms with E-state index < -0.39 is 0 Å². The number of rotatable bonds is 1. The zero-order chi connectivity index (χ0) is 8.43. The van der Waals surface area contributed by atoms with Crippen LogP contribution in [0.5, 0.6) is 0 Å². The Labute approximate surface area is 99.1 Å². The van der Waals surface area contributed by atoms with Crippen LogP contribution in [0.25, 0.3) is 0 Å². The average Bonchev–Trinajstić information content (AvgIpc) is 1.94. The van der Waals surface area contributed by atoms with Crippen molar-refractivity contribution in [3.05, 3.63) is 27.1 Å². The van der Waals surface area contributed by atoms with Crippen molar-refractivity contribution >= 4 is 69.8 Å². The van der Waals surface area contributed by atoms with Crippen LogP contribution in [-0.4, -0.2) is 0 Å². The van der Waals surface area contributed by atoms with Gasteiger partial charge in [-0.1, -0.05) is 6.07 Å². The van der Waals surface area contributed by atoms with Gasteiger partial charge >= 0.3 is 0 Å². The first-order valence-electron chi connectivity index (χ1n) is 2.68. The molecule has 0 aliphatic rings. The van der Waals surface area contributed by atoms with Crippen LogP contribution in [0.2, 0.25) is 0 Å². The molecule has 0 spiro atoms. The maximum atomic E-state index is 3.43. The van der Waals surface area contributed by atoms with Crippen LogP contribution in [0.1, 0.15) is 0 Å². The summed E-state index contributed by atoms with van der Waals surface area (Å²) >= 11 is 13.4. The van der Waals surface area contributed by atoms with E-state index in [9.17, 15) is 0 Å². The van der Waals surface area contributed by atoms with Gasteiger partial charge in [0.15, 0.2) is 0 Å². The first-order valence-corrected chi connectivity index (χ1v) is 5.69. The lowest BCUT2D eigenvalue weighted by molar-refractivity contribution is 1.55. The van der Waals surface area contributed by atoms with Gasteiger partial charge in [-0.05, 0) is 44.0 Å². The molecule has 0 saturated carbocycles. The average molecular weight is 409 g/mol. The second-order valence-electron chi connectivity index (χ2n) is 1.81. The molecule has 0 amide bonds. The van der Waals surface area contributed by atoms with E-state index in [2.05, 4.69) is 64.2 Å². The van der Waals surface area contributed by atoms with E-state index in [0.29, 0.717) is 0 Å². The second kappa shape index (κ2) is 4.25. The Kier molecular flexibility index (Phi) is 3.88. The first kappa shape index (κ1) is 10.0. The Hall–Kier alpha value is 0.940. The molecule has 60 valence electrons. The van der Waals surface area contributed by atoms with Crippen LogP contribution < -0.4 is 2.95 Å². The van der Waals surface area contributed by atoms with Gasteiger partial charge in [0.2, 0.25) is 0 Å². The molecule has 1 aromatic carbocycles. The topological polar surface area (TPSA) is 3.24 Å². The van der Waals surface area contributed by atoms with Crippen LogP contribution in [-0.2, 0) is 0 Å². The highest BCUT2D eigenvalue weighted by Gasteiger charge is 2.05. The zero-order valence-electron chi connectivity index (χ0n) is 5.19. The Morgan fingerprint density at radius 3 is 2.18 bits per heavy atom. The zero-order valence-corrected chi connectivity index (χ0v) is 11.5. The lowest BCUT2D eigenvalue weighted by Crippen LogP contribution is -1.90. The van der Waals surface area contributed by atoms with E-state index in [4.69, 9.17) is 0 Å². The summed E-state index contributed by atoms with van der Waals surface area (Å²) in [6.45, 7) is 0. The van der Waals surface area contributed by atoms with Crippen molar-refractivity contribution in [2.24, 2.45) is 0 Å². The second-order valence-corrected chi connectivity index (χ2v) is 5.82. The molecule has 1 aromatic rings. The van der Waals surface area contributed by atoms with Gasteiger partial charge in [0.05, 0.1) is 42.5 Å². The maximum absolute atomic E-state index is 3.43. The molecule has 0 saturated heterocycles. The Bertz CT molecular complexity index is 261. The largest absolute Gasteiger partial charge is 0.241 e. The molecule has 0 N–H and O–H groups in total. The fourth-order valence-electron chi connectivity index (χ4n) is 0.623. The Morgan fingerprint density at radius 2 is 1.73 bits per heavy atom. The van der Waals surface area contributed by atoms with E-state index in [1.807, 2.05) is 18.2 Å². The van der Waals surface area contributed by atoms with E-state index in [0.717, 1.165) is 14.6 Å². The van der Waals surface area contributed by atoms with E-state index in [-0.39, 0.29) is 0 Å². The molecule has 0 bridgehead atoms. The molecule has 0 heterocycles. The molecule has 0 radical (unpaired) electrons. The highest BCUT2D eigenvalue weighted by Crippen LogP contribution is 2.35. The van der Waals surface area contributed by atoms with Gasteiger partial charge < -0.3 is 0 Å². The third-order valence-electron chi connectivity index (χ3n) is 1.11. The van der Waals surface area contributed by atoms with Crippen molar-refractivity contribution in [3.63, 3.8) is 0 Å². The van der Waals surface area contributed by atoms with Crippen LogP contribution in [0.4, 0.5) is 5.69 Å². The van der Waals surface area contributed by atoms with Crippen molar-refractivity contribution in [2.75, 3.05) is 2.95 Å². The van der Waals surface area contributed by atoms with Crippen LogP contribution in [0.15, 0.2) is 27.1 Å². The molecule has 1 rings (SSSR count). The van der Waals surface area contributed by atoms with Crippen LogP contribution in [0, 0.1) is 0 Å². The van der Waals surface area contributed by atoms with Crippen molar-refractivity contribution in [3.8, 4) is 0 Å². The molecule has 0 unspecified atom stereocenters. The van der Waals surface area contributed by atoms with Gasteiger partial charge in [0.1, 0.15) is 0 Å². The number of hydrogen-bond donors (Lipinski definition) is 0. The summed E-state index contributed by atoms with van der Waals surface area (Å²) in [6.07, 6.45) is 0. The lowest BCUT2D eigenvalue weighted by atomic mass is 10.3. The van der Waals surface area contributed by atoms with Crippen molar-refractivity contribution in [1.82, 2.24) is 0 Å². The van der Waals surface area contributed by atoms with Crippen molar-refractivity contribution < 1.29 is 0 Å². The van der Waals surface area contributed by atoms with Crippen LogP contribution >= 0.6 is 64.2 Å². The van der Waals surface area contributed by atoms with E-state index in [1.54, 1.807) is 2.95 Å². The molecule has 0 aliphatic carbocycles. The summed E-state index contributed by atoms with van der Waals surface area (Å²) in [4.78, 5) is 0. The molecule has 11 heavy (non-hydrogen) atoms. The van der Waals surface area contributed by atoms with Crippen molar-refractivity contribution in [2.45, 2.75) is 0 Å². The summed E-state index contributed by atoms with van der Waals surface area (Å²) in [6, 6.07) is 5.90. The van der Waals surface area contributed by atoms with Gasteiger partial charge in [-0.2, -0.15) is 0 Å². The number of hydrogen-bond acceptors (Lipinski definition) is 1. The normalized spacial score (nSPS) is 9.82. The summed E-state index contributed by atoms with van der Waals surface area (Å²) in [7, 11) is 0. The van der Waals surface area contributed by atoms with Crippen molar-refractivity contribution in [1.29, 1.82) is 0 Å².